The van der Waals surface area contributed by atoms with Crippen LogP contribution in [0, 0.1) is 209 Å². The third-order valence-electron chi connectivity index (χ3n) is 36.4. The van der Waals surface area contributed by atoms with Crippen LogP contribution in [-0.2, 0) is 38.4 Å². The summed E-state index contributed by atoms with van der Waals surface area (Å²) in [5.41, 5.74) is 3.73. The summed E-state index contributed by atoms with van der Waals surface area (Å²) in [6.45, 7) is 68.2. The zero-order valence-corrected chi connectivity index (χ0v) is 86.3. The van der Waals surface area contributed by atoms with E-state index in [2.05, 4.69) is 190 Å². The van der Waals surface area contributed by atoms with Crippen LogP contribution in [0.25, 0.3) is 0 Å². The normalized spacial score (nSPS) is 25.2. The molecule has 0 aromatic heterocycles. The molecule has 18 rings (SSSR count). The summed E-state index contributed by atoms with van der Waals surface area (Å²) >= 11 is 0. The molecule has 0 radical (unpaired) electrons. The minimum absolute atomic E-state index is 0.0207. The van der Waals surface area contributed by atoms with Gasteiger partial charge in [-0.1, -0.05) is 173 Å². The summed E-state index contributed by atoms with van der Waals surface area (Å²) in [6, 6.07) is 0. The van der Waals surface area contributed by atoms with Crippen molar-refractivity contribution in [2.24, 2.45) is 150 Å². The predicted octanol–water partition coefficient (Wildman–Crippen LogP) is 20.8. The molecule has 8 saturated heterocycles. The van der Waals surface area contributed by atoms with Crippen molar-refractivity contribution in [3.63, 3.8) is 0 Å². The summed E-state index contributed by atoms with van der Waals surface area (Å²) in [7, 11) is 0. The van der Waals surface area contributed by atoms with Crippen LogP contribution in [-0.4, -0.2) is 191 Å². The zero-order chi connectivity index (χ0) is 96.1. The van der Waals surface area contributed by atoms with Crippen molar-refractivity contribution in [2.75, 3.05) is 105 Å². The highest BCUT2D eigenvalue weighted by Crippen LogP contribution is 2.61. The third-order valence-corrected chi connectivity index (χ3v) is 36.4. The van der Waals surface area contributed by atoms with Gasteiger partial charge in [0.25, 0.3) is 29.5 Å². The second-order valence-electron chi connectivity index (χ2n) is 49.1. The maximum atomic E-state index is 12.1. The first-order valence-electron chi connectivity index (χ1n) is 53.1. The van der Waals surface area contributed by atoms with E-state index in [1.807, 2.05) is 46.1 Å². The Labute approximate surface area is 802 Å². The lowest BCUT2D eigenvalue weighted by atomic mass is 9.55. The van der Waals surface area contributed by atoms with Gasteiger partial charge in [0.2, 0.25) is 17.7 Å². The van der Waals surface area contributed by atoms with Crippen molar-refractivity contribution < 1.29 is 38.4 Å². The molecule has 132 heavy (non-hydrogen) atoms. The minimum Gasteiger partial charge on any atom is -0.339 e. The number of carbonyl (C=O) groups excluding carboxylic acids is 8. The van der Waals surface area contributed by atoms with Crippen molar-refractivity contribution in [3.8, 4) is 59.2 Å². The van der Waals surface area contributed by atoms with Gasteiger partial charge >= 0.3 is 0 Å². The van der Waals surface area contributed by atoms with Crippen LogP contribution in [0.15, 0.2) is 38.0 Å². The highest BCUT2D eigenvalue weighted by atomic mass is 16.2. The maximum Gasteiger partial charge on any atom is 0.298 e. The topological polar surface area (TPSA) is 162 Å². The number of nitrogens with zero attached hydrogens (tertiary/aromatic N) is 8. The Bertz CT molecular complexity index is 4340. The van der Waals surface area contributed by atoms with Gasteiger partial charge in [-0.3, -0.25) is 38.4 Å². The van der Waals surface area contributed by atoms with Gasteiger partial charge in [0.1, 0.15) is 0 Å². The SMILES string of the molecule is C=CC(=O)N1CC2(CC(C(C)C)C2)C1.C=CC(=O)N1CCC2(CC(C(C)C)C2)C1.C=CC(=O)N1CCCC2(CC(C(C)C)C2)C1.CC#CC(=O)N1CCC2(CC(C(C)C)C2)C1.CC#CC(=O)N1CCCC2(CC(C(C)C)C2)C1.CC(C)C1CC2(CCN(C(=O)C#CC3CC3)C2)C1.CC(C)C1CC2(CCN(C(=O)C#CC3CCC3)C2)C1.CCC#CC(=O)N1CCC2(CC(C(C)C)C2)C1. The minimum atomic E-state index is 0.0207. The van der Waals surface area contributed by atoms with E-state index < -0.39 is 0 Å². The van der Waals surface area contributed by atoms with E-state index in [1.165, 1.54) is 204 Å². The largest absolute Gasteiger partial charge is 0.339 e. The van der Waals surface area contributed by atoms with Crippen molar-refractivity contribution in [2.45, 2.75) is 331 Å². The van der Waals surface area contributed by atoms with Crippen LogP contribution in [0.3, 0.4) is 0 Å². The average Bonchev–Trinajstić information content (AvgIpc) is 1.62. The molecular weight excluding hydrogens is 1630 g/mol. The van der Waals surface area contributed by atoms with E-state index in [1.54, 1.807) is 13.8 Å². The number of piperidine rings is 2. The molecule has 730 valence electrons. The summed E-state index contributed by atoms with van der Waals surface area (Å²) in [5.74, 6) is 43.4. The highest BCUT2D eigenvalue weighted by molar-refractivity contribution is 5.96. The smallest absolute Gasteiger partial charge is 0.298 e. The molecule has 0 bridgehead atoms. The molecule has 10 aliphatic carbocycles. The van der Waals surface area contributed by atoms with Crippen LogP contribution in [0.5, 0.6) is 0 Å². The number of hydrogen-bond donors (Lipinski definition) is 0. The molecule has 8 heterocycles. The number of hydrogen-bond acceptors (Lipinski definition) is 8. The van der Waals surface area contributed by atoms with Crippen LogP contribution >= 0.6 is 0 Å². The lowest BCUT2D eigenvalue weighted by molar-refractivity contribution is -0.152. The molecule has 18 fully saturated rings. The molecule has 18 aliphatic rings. The summed E-state index contributed by atoms with van der Waals surface area (Å²) in [6.07, 6.45) is 43.2. The Morgan fingerprint density at radius 1 is 0.273 bits per heavy atom. The number of rotatable bonds is 11. The second kappa shape index (κ2) is 45.4. The zero-order valence-electron chi connectivity index (χ0n) is 86.3. The Morgan fingerprint density at radius 3 is 0.735 bits per heavy atom. The number of likely N-dealkylation sites (tertiary alicyclic amines) is 8. The van der Waals surface area contributed by atoms with Gasteiger partial charge in [0.15, 0.2) is 0 Å². The lowest BCUT2D eigenvalue weighted by Gasteiger charge is -2.60. The van der Waals surface area contributed by atoms with Crippen molar-refractivity contribution in [3.05, 3.63) is 38.0 Å². The van der Waals surface area contributed by atoms with Crippen LogP contribution in [0.4, 0.5) is 0 Å². The van der Waals surface area contributed by atoms with Crippen LogP contribution in [0.1, 0.15) is 331 Å². The molecule has 10 saturated carbocycles. The highest BCUT2D eigenvalue weighted by Gasteiger charge is 2.57. The first-order chi connectivity index (χ1) is 62.5. The Morgan fingerprint density at radius 2 is 0.485 bits per heavy atom. The van der Waals surface area contributed by atoms with Crippen molar-refractivity contribution in [1.82, 2.24) is 39.2 Å². The fraction of sp³-hybridized carbons (Fsp3) is 0.793. The maximum absolute atomic E-state index is 12.1. The standard InChI is InChI=1S/C17H25NO.C16H23NO.2C15H23NO.C14H23NO.C14H21NO.C13H21NO.C12H19NO/c1-13(2)15-10-17(11-15)8-9-18(12-17)16(19)7-6-14-4-3-5-14;1-12(2)14-9-16(10-14)7-8-17(11-16)15(18)6-5-13-3-4-13;1-4-6-14(17)16-8-5-7-15(11-16)9-13(10-15)12(2)3;1-4-5-6-14(17)16-8-7-15(11-16)9-13(10-15)12(2)3;1-4-13(16)15-7-5-6-14(10-15)8-12(9-14)11(2)3;1-4-5-13(16)15-7-6-14(10-15)8-12(9-14)11(2)3;1-4-12(15)14-6-5-13(9-14)7-11(8-13)10(2)3;1-4-11(14)13-7-12(8-13)5-10(6-12)9(2)3/h13-15H,3-5,8-12H2,1-2H3;12-14H,3-4,7-11H2,1-2H3;12-13H,5,7-11H2,1-3H3;12-13H,4,7-11H2,1-3H3;4,11-12H,1,5-10H2,2-3H3;11-12H,6-10H2,1-3H3;4,10-11H,1,5-9H2,2-3H3;4,9-10H,1,5-8H2,2-3H3. The molecule has 0 N–H and O–H groups in total. The van der Waals surface area contributed by atoms with E-state index in [9.17, 15) is 38.4 Å². The monoisotopic (exact) mass is 1810 g/mol. The fourth-order valence-electron chi connectivity index (χ4n) is 26.3. The molecule has 0 aromatic carbocycles. The van der Waals surface area contributed by atoms with Gasteiger partial charge in [0, 0.05) is 128 Å². The van der Waals surface area contributed by atoms with E-state index in [4.69, 9.17) is 0 Å². The van der Waals surface area contributed by atoms with E-state index in [-0.39, 0.29) is 47.3 Å². The summed E-state index contributed by atoms with van der Waals surface area (Å²) in [4.78, 5) is 109. The Balaban J connectivity index is 0.000000146. The quantitative estimate of drug-likeness (QED) is 0.146. The first-order valence-corrected chi connectivity index (χ1v) is 53.1. The molecule has 8 amide bonds. The fourth-order valence-corrected chi connectivity index (χ4v) is 26.3. The Kier molecular flexibility index (Phi) is 36.2. The molecule has 0 aromatic rings. The molecule has 0 unspecified atom stereocenters. The van der Waals surface area contributed by atoms with Gasteiger partial charge in [-0.15, -0.1) is 0 Å². The molecule has 0 atom stereocenters. The number of amides is 8. The second-order valence-corrected chi connectivity index (χ2v) is 49.1. The van der Waals surface area contributed by atoms with Gasteiger partial charge in [-0.2, -0.15) is 0 Å². The van der Waals surface area contributed by atoms with Gasteiger partial charge in [-0.05, 0) is 380 Å². The van der Waals surface area contributed by atoms with E-state index >= 15 is 0 Å². The van der Waals surface area contributed by atoms with Gasteiger partial charge in [-0.25, -0.2) is 0 Å². The summed E-state index contributed by atoms with van der Waals surface area (Å²) in [5, 5.41) is 0. The van der Waals surface area contributed by atoms with Crippen LogP contribution < -0.4 is 0 Å². The van der Waals surface area contributed by atoms with Crippen molar-refractivity contribution in [1.29, 1.82) is 0 Å². The van der Waals surface area contributed by atoms with Gasteiger partial charge < -0.3 is 39.2 Å². The number of carbonyl (C=O) groups is 8. The van der Waals surface area contributed by atoms with E-state index in [0.29, 0.717) is 55.2 Å². The molecule has 16 nitrogen and oxygen atoms in total. The van der Waals surface area contributed by atoms with Gasteiger partial charge in [0.05, 0.1) is 0 Å². The third kappa shape index (κ3) is 26.8. The molecular formula is C116H178N8O8. The summed E-state index contributed by atoms with van der Waals surface area (Å²) < 4.78 is 0. The molecule has 8 spiro atoms. The molecule has 8 aliphatic heterocycles. The van der Waals surface area contributed by atoms with E-state index in [0.717, 1.165) is 212 Å². The average molecular weight is 1810 g/mol. The van der Waals surface area contributed by atoms with Crippen molar-refractivity contribution >= 4 is 47.3 Å². The Hall–Kier alpha value is -7.22. The molecule has 16 heteroatoms. The first kappa shape index (κ1) is 105. The van der Waals surface area contributed by atoms with Crippen LogP contribution in [0.2, 0.25) is 0 Å². The predicted molar refractivity (Wildman–Crippen MR) is 535 cm³/mol. The lowest BCUT2D eigenvalue weighted by Crippen LogP contribution is -2.64.